The largest absolute Gasteiger partial charge is 0.382 e. The van der Waals surface area contributed by atoms with Gasteiger partial charge in [-0.2, -0.15) is 0 Å². The van der Waals surface area contributed by atoms with E-state index in [1.807, 2.05) is 4.90 Å². The number of amides is 1. The summed E-state index contributed by atoms with van der Waals surface area (Å²) < 4.78 is 0. The van der Waals surface area contributed by atoms with Crippen LogP contribution in [0.5, 0.6) is 0 Å². The van der Waals surface area contributed by atoms with Crippen molar-refractivity contribution < 1.29 is 4.79 Å². The molecule has 1 aromatic rings. The van der Waals surface area contributed by atoms with E-state index in [9.17, 15) is 4.79 Å². The molecule has 1 aromatic heterocycles. The van der Waals surface area contributed by atoms with Crippen molar-refractivity contribution in [3.8, 4) is 0 Å². The van der Waals surface area contributed by atoms with Crippen molar-refractivity contribution in [3.63, 3.8) is 0 Å². The maximum atomic E-state index is 12.5. The second-order valence-electron chi connectivity index (χ2n) is 5.58. The van der Waals surface area contributed by atoms with E-state index in [1.54, 1.807) is 0 Å². The monoisotopic (exact) mass is 260 g/mol. The minimum Gasteiger partial charge on any atom is -0.382 e. The van der Waals surface area contributed by atoms with Gasteiger partial charge in [-0.1, -0.05) is 12.8 Å². The first-order chi connectivity index (χ1) is 9.25. The molecule has 1 saturated carbocycles. The number of rotatable bonds is 2. The van der Waals surface area contributed by atoms with E-state index in [1.165, 1.54) is 38.1 Å². The molecule has 2 aliphatic rings. The molecule has 1 amide bonds. The number of anilines is 1. The third-order valence-electron chi connectivity index (χ3n) is 4.40. The Kier molecular flexibility index (Phi) is 3.36. The summed E-state index contributed by atoms with van der Waals surface area (Å²) in [5.41, 5.74) is 5.92. The molecule has 0 spiro atoms. The first kappa shape index (κ1) is 12.4. The molecule has 5 heteroatoms. The lowest BCUT2D eigenvalue weighted by Crippen LogP contribution is -2.39. The van der Waals surface area contributed by atoms with E-state index in [0.717, 1.165) is 19.4 Å². The summed E-state index contributed by atoms with van der Waals surface area (Å²) in [7, 11) is 0. The summed E-state index contributed by atoms with van der Waals surface area (Å²) in [5, 5.41) is 0. The van der Waals surface area contributed by atoms with Gasteiger partial charge in [-0.05, 0) is 31.6 Å². The van der Waals surface area contributed by atoms with E-state index < -0.39 is 0 Å². The Morgan fingerprint density at radius 1 is 1.16 bits per heavy atom. The highest BCUT2D eigenvalue weighted by Gasteiger charge is 2.36. The van der Waals surface area contributed by atoms with Crippen molar-refractivity contribution >= 4 is 11.7 Å². The number of hydrogen-bond acceptors (Lipinski definition) is 4. The van der Waals surface area contributed by atoms with Gasteiger partial charge in [-0.3, -0.25) is 4.79 Å². The highest BCUT2D eigenvalue weighted by molar-refractivity contribution is 5.92. The Labute approximate surface area is 113 Å². The Morgan fingerprint density at radius 3 is 2.63 bits per heavy atom. The molecule has 2 heterocycles. The average Bonchev–Trinajstić information content (AvgIpc) is 3.09. The lowest BCUT2D eigenvalue weighted by molar-refractivity contribution is 0.0682. The highest BCUT2D eigenvalue weighted by atomic mass is 16.2. The van der Waals surface area contributed by atoms with Crippen molar-refractivity contribution in [1.82, 2.24) is 14.9 Å². The Balaban J connectivity index is 1.76. The van der Waals surface area contributed by atoms with Crippen LogP contribution < -0.4 is 5.73 Å². The molecule has 3 rings (SSSR count). The van der Waals surface area contributed by atoms with Crippen LogP contribution in [0.4, 0.5) is 5.82 Å². The van der Waals surface area contributed by atoms with E-state index in [0.29, 0.717) is 23.5 Å². The molecule has 0 bridgehead atoms. The molecule has 1 aliphatic heterocycles. The molecule has 2 fully saturated rings. The standard InChI is InChI=1S/C14H20N4O/c15-13-9-16-11(8-17-13)14(19)18-7-3-6-12(18)10-4-1-2-5-10/h8-10,12H,1-7H2,(H2,15,17). The number of likely N-dealkylation sites (tertiary alicyclic amines) is 1. The number of nitrogens with zero attached hydrogens (tertiary/aromatic N) is 3. The van der Waals surface area contributed by atoms with Crippen LogP contribution in [0, 0.1) is 5.92 Å². The lowest BCUT2D eigenvalue weighted by Gasteiger charge is -2.29. The van der Waals surface area contributed by atoms with Gasteiger partial charge in [0.25, 0.3) is 5.91 Å². The molecular formula is C14H20N4O. The molecule has 1 aliphatic carbocycles. The van der Waals surface area contributed by atoms with Crippen LogP contribution in [0.1, 0.15) is 49.0 Å². The van der Waals surface area contributed by atoms with Crippen LogP contribution in [0.25, 0.3) is 0 Å². The van der Waals surface area contributed by atoms with Crippen LogP contribution in [0.3, 0.4) is 0 Å². The zero-order valence-electron chi connectivity index (χ0n) is 11.1. The minimum atomic E-state index is 0.0156. The SMILES string of the molecule is Nc1cnc(C(=O)N2CCCC2C2CCCC2)cn1. The molecule has 2 N–H and O–H groups in total. The molecule has 5 nitrogen and oxygen atoms in total. The molecule has 1 atom stereocenters. The molecule has 1 unspecified atom stereocenters. The Bertz CT molecular complexity index is 453. The van der Waals surface area contributed by atoms with Gasteiger partial charge in [0.15, 0.2) is 0 Å². The Morgan fingerprint density at radius 2 is 1.95 bits per heavy atom. The van der Waals surface area contributed by atoms with E-state index in [2.05, 4.69) is 9.97 Å². The van der Waals surface area contributed by atoms with Gasteiger partial charge in [0.05, 0.1) is 12.4 Å². The predicted octanol–water partition coefficient (Wildman–Crippen LogP) is 1.85. The van der Waals surface area contributed by atoms with Crippen LogP contribution in [-0.4, -0.2) is 33.4 Å². The zero-order valence-corrected chi connectivity index (χ0v) is 11.1. The summed E-state index contributed by atoms with van der Waals surface area (Å²) >= 11 is 0. The maximum absolute atomic E-state index is 12.5. The van der Waals surface area contributed by atoms with E-state index in [-0.39, 0.29) is 5.91 Å². The van der Waals surface area contributed by atoms with Crippen molar-refractivity contribution in [2.24, 2.45) is 5.92 Å². The van der Waals surface area contributed by atoms with Crippen molar-refractivity contribution in [3.05, 3.63) is 18.1 Å². The van der Waals surface area contributed by atoms with Gasteiger partial charge in [0.2, 0.25) is 0 Å². The van der Waals surface area contributed by atoms with Gasteiger partial charge in [0, 0.05) is 12.6 Å². The quantitative estimate of drug-likeness (QED) is 0.881. The van der Waals surface area contributed by atoms with Gasteiger partial charge in [-0.15, -0.1) is 0 Å². The lowest BCUT2D eigenvalue weighted by atomic mass is 9.96. The summed E-state index contributed by atoms with van der Waals surface area (Å²) in [4.78, 5) is 22.6. The van der Waals surface area contributed by atoms with Gasteiger partial charge < -0.3 is 10.6 Å². The molecule has 0 aromatic carbocycles. The molecule has 102 valence electrons. The summed E-state index contributed by atoms with van der Waals surface area (Å²) in [6.45, 7) is 0.853. The third kappa shape index (κ3) is 2.41. The fraction of sp³-hybridized carbons (Fsp3) is 0.643. The fourth-order valence-corrected chi connectivity index (χ4v) is 3.47. The van der Waals surface area contributed by atoms with Crippen LogP contribution >= 0.6 is 0 Å². The summed E-state index contributed by atoms with van der Waals surface area (Å²) in [5.74, 6) is 1.06. The third-order valence-corrected chi connectivity index (χ3v) is 4.40. The van der Waals surface area contributed by atoms with Gasteiger partial charge in [-0.25, -0.2) is 9.97 Å². The molecule has 19 heavy (non-hydrogen) atoms. The molecule has 0 radical (unpaired) electrons. The van der Waals surface area contributed by atoms with Crippen molar-refractivity contribution in [2.75, 3.05) is 12.3 Å². The fourth-order valence-electron chi connectivity index (χ4n) is 3.47. The number of aromatic nitrogens is 2. The zero-order chi connectivity index (χ0) is 13.2. The second-order valence-corrected chi connectivity index (χ2v) is 5.58. The first-order valence-electron chi connectivity index (χ1n) is 7.14. The van der Waals surface area contributed by atoms with Crippen LogP contribution in [-0.2, 0) is 0 Å². The maximum Gasteiger partial charge on any atom is 0.274 e. The summed E-state index contributed by atoms with van der Waals surface area (Å²) in [6.07, 6.45) is 10.3. The number of carbonyl (C=O) groups excluding carboxylic acids is 1. The normalized spacial score (nSPS) is 24.0. The van der Waals surface area contributed by atoms with Gasteiger partial charge >= 0.3 is 0 Å². The van der Waals surface area contributed by atoms with E-state index >= 15 is 0 Å². The topological polar surface area (TPSA) is 72.1 Å². The number of hydrogen-bond donors (Lipinski definition) is 1. The van der Waals surface area contributed by atoms with Crippen molar-refractivity contribution in [1.29, 1.82) is 0 Å². The molecule has 1 saturated heterocycles. The molecular weight excluding hydrogens is 240 g/mol. The van der Waals surface area contributed by atoms with Gasteiger partial charge in [0.1, 0.15) is 11.5 Å². The Hall–Kier alpha value is -1.65. The first-order valence-corrected chi connectivity index (χ1v) is 7.14. The number of nitrogen functional groups attached to an aromatic ring is 1. The average molecular weight is 260 g/mol. The van der Waals surface area contributed by atoms with Crippen LogP contribution in [0.2, 0.25) is 0 Å². The highest BCUT2D eigenvalue weighted by Crippen LogP contribution is 2.35. The summed E-state index contributed by atoms with van der Waals surface area (Å²) in [6, 6.07) is 0.411. The van der Waals surface area contributed by atoms with Crippen molar-refractivity contribution in [2.45, 2.75) is 44.6 Å². The predicted molar refractivity (Wildman–Crippen MR) is 72.5 cm³/mol. The van der Waals surface area contributed by atoms with E-state index in [4.69, 9.17) is 5.73 Å². The van der Waals surface area contributed by atoms with Crippen LogP contribution in [0.15, 0.2) is 12.4 Å². The minimum absolute atomic E-state index is 0.0156. The smallest absolute Gasteiger partial charge is 0.274 e. The number of carbonyl (C=O) groups is 1. The second kappa shape index (κ2) is 5.15. The number of nitrogens with two attached hydrogens (primary N) is 1.